The van der Waals surface area contributed by atoms with Gasteiger partial charge in [0, 0.05) is 23.3 Å². The van der Waals surface area contributed by atoms with Crippen molar-refractivity contribution in [3.8, 4) is 0 Å². The van der Waals surface area contributed by atoms with Crippen LogP contribution in [0.4, 0.5) is 14.5 Å². The predicted octanol–water partition coefficient (Wildman–Crippen LogP) is 3.73. The number of nitrogens with zero attached hydrogens (tertiary/aromatic N) is 1. The first-order valence-corrected chi connectivity index (χ1v) is 8.71. The summed E-state index contributed by atoms with van der Waals surface area (Å²) in [7, 11) is 0. The molecule has 0 aromatic heterocycles. The van der Waals surface area contributed by atoms with Crippen LogP contribution in [0.15, 0.2) is 72.8 Å². The summed E-state index contributed by atoms with van der Waals surface area (Å²) in [6.45, 7) is 0. The molecule has 0 saturated carbocycles. The number of amides is 2. The van der Waals surface area contributed by atoms with Crippen molar-refractivity contribution in [3.63, 3.8) is 0 Å². The Hall–Kier alpha value is -4.14. The van der Waals surface area contributed by atoms with E-state index in [1.165, 1.54) is 48.5 Å². The van der Waals surface area contributed by atoms with Crippen LogP contribution >= 0.6 is 0 Å². The number of hydrogen-bond donors (Lipinski definition) is 2. The van der Waals surface area contributed by atoms with Crippen LogP contribution in [0.1, 0.15) is 32.4 Å². The lowest BCUT2D eigenvalue weighted by atomic mass is 10.1. The van der Waals surface area contributed by atoms with Gasteiger partial charge in [-0.3, -0.25) is 19.7 Å². The van der Waals surface area contributed by atoms with Crippen molar-refractivity contribution in [1.82, 2.24) is 10.6 Å². The second-order valence-corrected chi connectivity index (χ2v) is 6.24. The first-order valence-electron chi connectivity index (χ1n) is 8.71. The summed E-state index contributed by atoms with van der Waals surface area (Å²) >= 11 is 0. The van der Waals surface area contributed by atoms with Gasteiger partial charge in [0.15, 0.2) is 0 Å². The maximum atomic E-state index is 13.1. The van der Waals surface area contributed by atoms with Crippen LogP contribution in [0.2, 0.25) is 0 Å². The molecule has 0 unspecified atom stereocenters. The first kappa shape index (κ1) is 20.6. The second kappa shape index (κ2) is 8.91. The van der Waals surface area contributed by atoms with Crippen LogP contribution in [-0.4, -0.2) is 16.7 Å². The minimum atomic E-state index is -1.05. The summed E-state index contributed by atoms with van der Waals surface area (Å²) in [5, 5.41) is 16.1. The molecule has 3 aromatic carbocycles. The molecule has 0 atom stereocenters. The maximum Gasteiger partial charge on any atom is 0.269 e. The van der Waals surface area contributed by atoms with Gasteiger partial charge in [-0.15, -0.1) is 0 Å². The third kappa shape index (κ3) is 5.02. The summed E-state index contributed by atoms with van der Waals surface area (Å²) in [5.41, 5.74) is 0.512. The third-order valence-corrected chi connectivity index (χ3v) is 4.20. The van der Waals surface area contributed by atoms with Crippen LogP contribution in [-0.2, 0) is 0 Å². The Labute approximate surface area is 169 Å². The number of non-ortho nitro benzene ring substituents is 1. The fraction of sp³-hybridized carbons (Fsp3) is 0.0476. The lowest BCUT2D eigenvalue weighted by molar-refractivity contribution is -0.384. The van der Waals surface area contributed by atoms with Crippen LogP contribution in [0.5, 0.6) is 0 Å². The number of carbonyl (C=O) groups excluding carboxylic acids is 2. The van der Waals surface area contributed by atoms with Gasteiger partial charge in [-0.1, -0.05) is 0 Å². The van der Waals surface area contributed by atoms with E-state index in [0.717, 1.165) is 24.3 Å². The smallest absolute Gasteiger partial charge is 0.269 e. The zero-order valence-corrected chi connectivity index (χ0v) is 15.3. The molecule has 0 bridgehead atoms. The van der Waals surface area contributed by atoms with Crippen LogP contribution in [0.25, 0.3) is 0 Å². The predicted molar refractivity (Wildman–Crippen MR) is 104 cm³/mol. The van der Waals surface area contributed by atoms with Gasteiger partial charge in [-0.05, 0) is 66.2 Å². The number of rotatable bonds is 6. The molecule has 9 heteroatoms. The molecule has 0 aliphatic rings. The third-order valence-electron chi connectivity index (χ3n) is 4.20. The fourth-order valence-electron chi connectivity index (χ4n) is 2.62. The highest BCUT2D eigenvalue weighted by molar-refractivity contribution is 5.96. The Balaban J connectivity index is 1.86. The summed E-state index contributed by atoms with van der Waals surface area (Å²) < 4.78 is 26.2. The molecule has 0 fully saturated rings. The van der Waals surface area contributed by atoms with E-state index in [2.05, 4.69) is 10.6 Å². The normalized spacial score (nSPS) is 10.5. The van der Waals surface area contributed by atoms with Gasteiger partial charge < -0.3 is 10.6 Å². The number of hydrogen-bond acceptors (Lipinski definition) is 4. The molecule has 0 heterocycles. The second-order valence-electron chi connectivity index (χ2n) is 6.24. The van der Waals surface area contributed by atoms with E-state index >= 15 is 0 Å². The molecule has 0 radical (unpaired) electrons. The molecule has 0 spiro atoms. The minimum absolute atomic E-state index is 0.152. The Morgan fingerprint density at radius 1 is 0.733 bits per heavy atom. The Morgan fingerprint density at radius 2 is 1.13 bits per heavy atom. The zero-order valence-electron chi connectivity index (χ0n) is 15.3. The van der Waals surface area contributed by atoms with E-state index in [1.807, 2.05) is 0 Å². The van der Waals surface area contributed by atoms with E-state index in [0.29, 0.717) is 5.56 Å². The fourth-order valence-corrected chi connectivity index (χ4v) is 2.62. The number of nitro benzene ring substituents is 1. The molecule has 0 aliphatic carbocycles. The van der Waals surface area contributed by atoms with Crippen LogP contribution < -0.4 is 10.6 Å². The molecule has 7 nitrogen and oxygen atoms in total. The van der Waals surface area contributed by atoms with Gasteiger partial charge >= 0.3 is 0 Å². The summed E-state index contributed by atoms with van der Waals surface area (Å²) in [6, 6.07) is 14.8. The number of nitro groups is 1. The van der Waals surface area contributed by atoms with Crippen molar-refractivity contribution in [2.75, 3.05) is 0 Å². The molecule has 3 rings (SSSR count). The van der Waals surface area contributed by atoms with Crippen LogP contribution in [0.3, 0.4) is 0 Å². The van der Waals surface area contributed by atoms with Crippen molar-refractivity contribution in [1.29, 1.82) is 0 Å². The lowest BCUT2D eigenvalue weighted by Crippen LogP contribution is -2.41. The highest BCUT2D eigenvalue weighted by Crippen LogP contribution is 2.18. The number of benzene rings is 3. The van der Waals surface area contributed by atoms with Crippen molar-refractivity contribution in [3.05, 3.63) is 111 Å². The van der Waals surface area contributed by atoms with Crippen molar-refractivity contribution < 1.29 is 23.3 Å². The Morgan fingerprint density at radius 3 is 1.50 bits per heavy atom. The van der Waals surface area contributed by atoms with E-state index < -0.39 is 34.5 Å². The van der Waals surface area contributed by atoms with E-state index in [4.69, 9.17) is 0 Å². The summed E-state index contributed by atoms with van der Waals surface area (Å²) in [6.07, 6.45) is -1.05. The maximum absolute atomic E-state index is 13.1. The van der Waals surface area contributed by atoms with E-state index in [9.17, 15) is 28.5 Å². The molecular formula is C21H15F2N3O4. The number of carbonyl (C=O) groups is 2. The SMILES string of the molecule is O=C(NC(NC(=O)c1ccc(F)cc1)c1ccc([N+](=O)[O-])cc1)c1ccc(F)cc1. The molecule has 2 N–H and O–H groups in total. The van der Waals surface area contributed by atoms with E-state index in [-0.39, 0.29) is 16.8 Å². The molecule has 0 aliphatic heterocycles. The van der Waals surface area contributed by atoms with Gasteiger partial charge in [0.2, 0.25) is 0 Å². The largest absolute Gasteiger partial charge is 0.328 e. The topological polar surface area (TPSA) is 101 Å². The van der Waals surface area contributed by atoms with Crippen molar-refractivity contribution in [2.45, 2.75) is 6.17 Å². The van der Waals surface area contributed by atoms with Gasteiger partial charge in [-0.2, -0.15) is 0 Å². The van der Waals surface area contributed by atoms with Gasteiger partial charge in [-0.25, -0.2) is 8.78 Å². The molecule has 3 aromatic rings. The molecule has 30 heavy (non-hydrogen) atoms. The monoisotopic (exact) mass is 411 g/mol. The van der Waals surface area contributed by atoms with Crippen molar-refractivity contribution in [2.24, 2.45) is 0 Å². The lowest BCUT2D eigenvalue weighted by Gasteiger charge is -2.21. The van der Waals surface area contributed by atoms with Crippen molar-refractivity contribution >= 4 is 17.5 Å². The average molecular weight is 411 g/mol. The summed E-state index contributed by atoms with van der Waals surface area (Å²) in [4.78, 5) is 35.4. The first-order chi connectivity index (χ1) is 14.3. The quantitative estimate of drug-likeness (QED) is 0.367. The molecule has 2 amide bonds. The van der Waals surface area contributed by atoms with Gasteiger partial charge in [0.25, 0.3) is 17.5 Å². The Bertz CT molecular complexity index is 1010. The summed E-state index contributed by atoms with van der Waals surface area (Å²) in [5.74, 6) is -2.22. The zero-order chi connectivity index (χ0) is 21.7. The van der Waals surface area contributed by atoms with Crippen LogP contribution in [0, 0.1) is 21.7 Å². The minimum Gasteiger partial charge on any atom is -0.328 e. The highest BCUT2D eigenvalue weighted by atomic mass is 19.1. The van der Waals surface area contributed by atoms with E-state index in [1.54, 1.807) is 0 Å². The Kier molecular flexibility index (Phi) is 6.11. The number of nitrogens with one attached hydrogen (secondary N) is 2. The van der Waals surface area contributed by atoms with Gasteiger partial charge in [0.05, 0.1) is 4.92 Å². The molecule has 0 saturated heterocycles. The number of halogens is 2. The van der Waals surface area contributed by atoms with Gasteiger partial charge in [0.1, 0.15) is 17.8 Å². The molecular weight excluding hydrogens is 396 g/mol. The average Bonchev–Trinajstić information content (AvgIpc) is 2.74. The highest BCUT2D eigenvalue weighted by Gasteiger charge is 2.20. The molecule has 152 valence electrons. The standard InChI is InChI=1S/C21H15F2N3O4/c22-16-7-1-14(2-8-16)20(27)24-19(13-5-11-18(12-6-13)26(29)30)25-21(28)15-3-9-17(23)10-4-15/h1-12,19H,(H,24,27)(H,25,28).